The van der Waals surface area contributed by atoms with Crippen LogP contribution in [0.5, 0.6) is 0 Å². The van der Waals surface area contributed by atoms with E-state index < -0.39 is 0 Å². The van der Waals surface area contributed by atoms with Crippen LogP contribution in [-0.4, -0.2) is 36.7 Å². The van der Waals surface area contributed by atoms with Gasteiger partial charge in [-0.1, -0.05) is 59.3 Å². The zero-order chi connectivity index (χ0) is 15.3. The summed E-state index contributed by atoms with van der Waals surface area (Å²) in [5.41, 5.74) is 0. The van der Waals surface area contributed by atoms with Crippen molar-refractivity contribution in [2.45, 2.75) is 104 Å². The van der Waals surface area contributed by atoms with Gasteiger partial charge in [0.05, 0.1) is 6.10 Å². The van der Waals surface area contributed by atoms with Crippen molar-refractivity contribution in [1.29, 1.82) is 0 Å². The lowest BCUT2D eigenvalue weighted by Crippen LogP contribution is -2.45. The van der Waals surface area contributed by atoms with Gasteiger partial charge in [0.1, 0.15) is 0 Å². The molecule has 1 fully saturated rings. The minimum absolute atomic E-state index is 0.452. The molecule has 0 N–H and O–H groups in total. The number of ether oxygens (including phenoxy) is 1. The van der Waals surface area contributed by atoms with E-state index in [-0.39, 0.29) is 0 Å². The molecule has 2 nitrogen and oxygen atoms in total. The Morgan fingerprint density at radius 3 is 2.24 bits per heavy atom. The molecule has 0 spiro atoms. The Morgan fingerprint density at radius 1 is 0.952 bits per heavy atom. The van der Waals surface area contributed by atoms with Crippen molar-refractivity contribution in [3.63, 3.8) is 0 Å². The van der Waals surface area contributed by atoms with Crippen molar-refractivity contribution >= 4 is 0 Å². The van der Waals surface area contributed by atoms with E-state index in [1.54, 1.807) is 0 Å². The van der Waals surface area contributed by atoms with E-state index in [0.717, 1.165) is 25.6 Å². The van der Waals surface area contributed by atoms with E-state index in [4.69, 9.17) is 4.74 Å². The smallest absolute Gasteiger partial charge is 0.0699 e. The fourth-order valence-corrected chi connectivity index (χ4v) is 3.16. The van der Waals surface area contributed by atoms with E-state index in [0.29, 0.717) is 6.10 Å². The summed E-state index contributed by atoms with van der Waals surface area (Å²) in [6.45, 7) is 10.2. The van der Waals surface area contributed by atoms with Crippen molar-refractivity contribution in [3.8, 4) is 0 Å². The van der Waals surface area contributed by atoms with E-state index in [1.165, 1.54) is 70.8 Å². The van der Waals surface area contributed by atoms with Crippen molar-refractivity contribution < 1.29 is 4.74 Å². The molecule has 0 aromatic heterocycles. The van der Waals surface area contributed by atoms with Crippen molar-refractivity contribution in [1.82, 2.24) is 4.90 Å². The molecule has 126 valence electrons. The fraction of sp³-hybridized carbons (Fsp3) is 1.00. The van der Waals surface area contributed by atoms with Gasteiger partial charge < -0.3 is 4.74 Å². The normalized spacial score (nSPS) is 17.1. The van der Waals surface area contributed by atoms with Gasteiger partial charge >= 0.3 is 0 Å². The number of rotatable bonds is 14. The maximum absolute atomic E-state index is 6.15. The summed E-state index contributed by atoms with van der Waals surface area (Å²) in [4.78, 5) is 2.69. The Kier molecular flexibility index (Phi) is 11.3. The van der Waals surface area contributed by atoms with Crippen LogP contribution in [0.4, 0.5) is 0 Å². The zero-order valence-corrected chi connectivity index (χ0v) is 14.9. The molecule has 1 aliphatic rings. The van der Waals surface area contributed by atoms with Crippen LogP contribution >= 0.6 is 0 Å². The summed E-state index contributed by atoms with van der Waals surface area (Å²) in [5.74, 6) is 0. The van der Waals surface area contributed by atoms with Crippen LogP contribution in [0.25, 0.3) is 0 Å². The monoisotopic (exact) mass is 297 g/mol. The van der Waals surface area contributed by atoms with Gasteiger partial charge in [-0.15, -0.1) is 0 Å². The summed E-state index contributed by atoms with van der Waals surface area (Å²) in [5, 5.41) is 0. The quantitative estimate of drug-likeness (QED) is 0.398. The summed E-state index contributed by atoms with van der Waals surface area (Å²) >= 11 is 0. The van der Waals surface area contributed by atoms with Gasteiger partial charge in [-0.2, -0.15) is 0 Å². The van der Waals surface area contributed by atoms with E-state index in [9.17, 15) is 0 Å². The van der Waals surface area contributed by atoms with Gasteiger partial charge in [0, 0.05) is 19.2 Å². The Hall–Kier alpha value is -0.0800. The Morgan fingerprint density at radius 2 is 1.67 bits per heavy atom. The molecular weight excluding hydrogens is 258 g/mol. The largest absolute Gasteiger partial charge is 0.377 e. The Balaban J connectivity index is 2.11. The lowest BCUT2D eigenvalue weighted by atomic mass is 9.91. The molecule has 0 aromatic rings. The third kappa shape index (κ3) is 8.21. The van der Waals surface area contributed by atoms with Gasteiger partial charge in [-0.25, -0.2) is 0 Å². The molecule has 2 heteroatoms. The van der Waals surface area contributed by atoms with Crippen LogP contribution in [0.2, 0.25) is 0 Å². The van der Waals surface area contributed by atoms with Crippen LogP contribution < -0.4 is 0 Å². The second-order valence-electron chi connectivity index (χ2n) is 6.75. The second kappa shape index (κ2) is 12.5. The maximum atomic E-state index is 6.15. The van der Waals surface area contributed by atoms with Gasteiger partial charge in [0.25, 0.3) is 0 Å². The predicted molar refractivity (Wildman–Crippen MR) is 92.9 cm³/mol. The molecule has 0 amide bonds. The van der Waals surface area contributed by atoms with Crippen LogP contribution in [0.1, 0.15) is 91.4 Å². The fourth-order valence-electron chi connectivity index (χ4n) is 3.16. The van der Waals surface area contributed by atoms with Crippen LogP contribution in [0.15, 0.2) is 0 Å². The zero-order valence-electron chi connectivity index (χ0n) is 14.9. The SMILES string of the molecule is CCCCCCCCOC(CC)CN(CCC)C1CCC1. The molecular formula is C19H39NO. The van der Waals surface area contributed by atoms with Gasteiger partial charge in [0.15, 0.2) is 0 Å². The predicted octanol–water partition coefficient (Wildman–Crippen LogP) is 5.41. The highest BCUT2D eigenvalue weighted by Crippen LogP contribution is 2.25. The summed E-state index contributed by atoms with van der Waals surface area (Å²) in [6.07, 6.45) is 15.2. The molecule has 0 aliphatic heterocycles. The van der Waals surface area contributed by atoms with Crippen molar-refractivity contribution in [2.24, 2.45) is 0 Å². The molecule has 0 heterocycles. The average molecular weight is 298 g/mol. The molecule has 1 atom stereocenters. The highest BCUT2D eigenvalue weighted by atomic mass is 16.5. The van der Waals surface area contributed by atoms with Crippen molar-refractivity contribution in [2.75, 3.05) is 19.7 Å². The van der Waals surface area contributed by atoms with Gasteiger partial charge in [-0.05, 0) is 38.6 Å². The highest BCUT2D eigenvalue weighted by Gasteiger charge is 2.26. The number of unbranched alkanes of at least 4 members (excludes halogenated alkanes) is 5. The Labute approximate surface area is 133 Å². The molecule has 0 saturated heterocycles. The summed E-state index contributed by atoms with van der Waals surface area (Å²) in [6, 6.07) is 0.858. The number of nitrogens with zero attached hydrogens (tertiary/aromatic N) is 1. The van der Waals surface area contributed by atoms with Crippen LogP contribution in [0, 0.1) is 0 Å². The summed E-state index contributed by atoms with van der Waals surface area (Å²) < 4.78 is 6.15. The minimum atomic E-state index is 0.452. The minimum Gasteiger partial charge on any atom is -0.377 e. The van der Waals surface area contributed by atoms with Gasteiger partial charge in [-0.3, -0.25) is 4.90 Å². The van der Waals surface area contributed by atoms with Gasteiger partial charge in [0.2, 0.25) is 0 Å². The van der Waals surface area contributed by atoms with Crippen LogP contribution in [0.3, 0.4) is 0 Å². The standard InChI is InChI=1S/C19H39NO/c1-4-7-8-9-10-11-16-21-19(6-3)17-20(15-5-2)18-13-12-14-18/h18-19H,4-17H2,1-3H3. The van der Waals surface area contributed by atoms with E-state index >= 15 is 0 Å². The lowest BCUT2D eigenvalue weighted by Gasteiger charge is -2.39. The molecule has 0 aromatic carbocycles. The molecule has 0 radical (unpaired) electrons. The first-order valence-electron chi connectivity index (χ1n) is 9.67. The third-order valence-corrected chi connectivity index (χ3v) is 4.85. The second-order valence-corrected chi connectivity index (χ2v) is 6.75. The Bertz CT molecular complexity index is 228. The highest BCUT2D eigenvalue weighted by molar-refractivity contribution is 4.81. The van der Waals surface area contributed by atoms with Crippen molar-refractivity contribution in [3.05, 3.63) is 0 Å². The van der Waals surface area contributed by atoms with E-state index in [1.807, 2.05) is 0 Å². The molecule has 0 bridgehead atoms. The van der Waals surface area contributed by atoms with E-state index in [2.05, 4.69) is 25.7 Å². The molecule has 1 saturated carbocycles. The topological polar surface area (TPSA) is 12.5 Å². The molecule has 21 heavy (non-hydrogen) atoms. The molecule has 1 aliphatic carbocycles. The average Bonchev–Trinajstić information content (AvgIpc) is 2.43. The first-order valence-corrected chi connectivity index (χ1v) is 9.67. The number of hydrogen-bond acceptors (Lipinski definition) is 2. The molecule has 1 unspecified atom stereocenters. The maximum Gasteiger partial charge on any atom is 0.0699 e. The lowest BCUT2D eigenvalue weighted by molar-refractivity contribution is 0.000844. The number of hydrogen-bond donors (Lipinski definition) is 0. The third-order valence-electron chi connectivity index (χ3n) is 4.85. The first-order chi connectivity index (χ1) is 10.3. The van der Waals surface area contributed by atoms with Crippen LogP contribution in [-0.2, 0) is 4.74 Å². The summed E-state index contributed by atoms with van der Waals surface area (Å²) in [7, 11) is 0. The first kappa shape index (κ1) is 19.0. The molecule has 1 rings (SSSR count).